The number of esters is 3. The quantitative estimate of drug-likeness (QED) is 0.0262. The molecule has 0 aromatic heterocycles. The third-order valence-electron chi connectivity index (χ3n) is 11.4. The monoisotopic (exact) mass is 905 g/mol. The summed E-state index contributed by atoms with van der Waals surface area (Å²) in [4.78, 5) is 37.9. The van der Waals surface area contributed by atoms with Crippen LogP contribution in [-0.4, -0.2) is 37.2 Å². The summed E-state index contributed by atoms with van der Waals surface area (Å²) in [6.07, 6.45) is 68.6. The SMILES string of the molecule is CC/C=C\C/C=C\C/C=C\C/C=C\C/C=C\CCCCCCCCCCCC(=O)OCC(COC(=O)CCCCCCC/C=C\CCCC)OC(=O)CCCCCCC/C=C\CCCC. The molecular formula is C59H100O6. The fraction of sp³-hybridized carbons (Fsp3) is 0.712. The Kier molecular flexibility index (Phi) is 50.4. The third kappa shape index (κ3) is 51.4. The second kappa shape index (κ2) is 53.2. The van der Waals surface area contributed by atoms with Crippen molar-refractivity contribution in [1.29, 1.82) is 0 Å². The Morgan fingerprint density at radius 2 is 0.600 bits per heavy atom. The van der Waals surface area contributed by atoms with E-state index in [0.29, 0.717) is 19.3 Å². The van der Waals surface area contributed by atoms with Crippen molar-refractivity contribution >= 4 is 17.9 Å². The Bertz CT molecular complexity index is 1270. The van der Waals surface area contributed by atoms with Crippen LogP contribution in [0.1, 0.15) is 252 Å². The summed E-state index contributed by atoms with van der Waals surface area (Å²) in [5.74, 6) is -0.911. The van der Waals surface area contributed by atoms with Crippen LogP contribution in [0.25, 0.3) is 0 Å². The van der Waals surface area contributed by atoms with Gasteiger partial charge in [0.2, 0.25) is 0 Å². The maximum absolute atomic E-state index is 12.8. The summed E-state index contributed by atoms with van der Waals surface area (Å²) in [5.41, 5.74) is 0. The van der Waals surface area contributed by atoms with Crippen LogP contribution >= 0.6 is 0 Å². The average molecular weight is 905 g/mol. The van der Waals surface area contributed by atoms with Gasteiger partial charge in [-0.2, -0.15) is 0 Å². The molecule has 0 aromatic carbocycles. The molecule has 6 nitrogen and oxygen atoms in total. The van der Waals surface area contributed by atoms with Gasteiger partial charge in [-0.05, 0) is 103 Å². The number of unbranched alkanes of at least 4 members (excludes halogenated alkanes) is 23. The van der Waals surface area contributed by atoms with Crippen molar-refractivity contribution < 1.29 is 28.6 Å². The number of carbonyl (C=O) groups excluding carboxylic acids is 3. The Morgan fingerprint density at radius 1 is 0.323 bits per heavy atom. The van der Waals surface area contributed by atoms with Crippen molar-refractivity contribution in [2.75, 3.05) is 13.2 Å². The van der Waals surface area contributed by atoms with Gasteiger partial charge in [0.25, 0.3) is 0 Å². The number of carbonyl (C=O) groups is 3. The predicted molar refractivity (Wildman–Crippen MR) is 279 cm³/mol. The van der Waals surface area contributed by atoms with E-state index < -0.39 is 6.10 Å². The van der Waals surface area contributed by atoms with Crippen LogP contribution in [-0.2, 0) is 28.6 Å². The molecule has 0 N–H and O–H groups in total. The van der Waals surface area contributed by atoms with E-state index in [2.05, 4.69) is 106 Å². The van der Waals surface area contributed by atoms with Gasteiger partial charge in [0.15, 0.2) is 6.10 Å². The Hall–Kier alpha value is -3.41. The van der Waals surface area contributed by atoms with E-state index in [1.807, 2.05) is 0 Å². The van der Waals surface area contributed by atoms with Gasteiger partial charge in [0.05, 0.1) is 0 Å². The minimum absolute atomic E-state index is 0.0857. The highest BCUT2D eigenvalue weighted by atomic mass is 16.6. The number of ether oxygens (including phenoxy) is 3. The van der Waals surface area contributed by atoms with Crippen molar-refractivity contribution in [1.82, 2.24) is 0 Å². The van der Waals surface area contributed by atoms with E-state index in [0.717, 1.165) is 116 Å². The minimum Gasteiger partial charge on any atom is -0.462 e. The molecule has 0 fully saturated rings. The lowest BCUT2D eigenvalue weighted by molar-refractivity contribution is -0.167. The van der Waals surface area contributed by atoms with Crippen molar-refractivity contribution in [3.63, 3.8) is 0 Å². The highest BCUT2D eigenvalue weighted by Crippen LogP contribution is 2.14. The summed E-state index contributed by atoms with van der Waals surface area (Å²) in [6.45, 7) is 6.43. The highest BCUT2D eigenvalue weighted by Gasteiger charge is 2.19. The van der Waals surface area contributed by atoms with Gasteiger partial charge in [-0.25, -0.2) is 0 Å². The van der Waals surface area contributed by atoms with E-state index in [9.17, 15) is 14.4 Å². The molecule has 1 atom stereocenters. The molecule has 0 rings (SSSR count). The van der Waals surface area contributed by atoms with Gasteiger partial charge >= 0.3 is 17.9 Å². The first kappa shape index (κ1) is 61.6. The van der Waals surface area contributed by atoms with Crippen molar-refractivity contribution in [3.05, 3.63) is 85.1 Å². The lowest BCUT2D eigenvalue weighted by Gasteiger charge is -2.18. The molecule has 0 aliphatic carbocycles. The summed E-state index contributed by atoms with van der Waals surface area (Å²) in [5, 5.41) is 0. The number of hydrogen-bond acceptors (Lipinski definition) is 6. The molecule has 0 heterocycles. The zero-order chi connectivity index (χ0) is 47.2. The first-order valence-electron chi connectivity index (χ1n) is 27.1. The first-order valence-corrected chi connectivity index (χ1v) is 27.1. The summed E-state index contributed by atoms with van der Waals surface area (Å²) < 4.78 is 16.8. The molecule has 0 aromatic rings. The molecule has 0 aliphatic rings. The zero-order valence-corrected chi connectivity index (χ0v) is 42.5. The number of hydrogen-bond donors (Lipinski definition) is 0. The largest absolute Gasteiger partial charge is 0.462 e. The Morgan fingerprint density at radius 3 is 0.954 bits per heavy atom. The van der Waals surface area contributed by atoms with Gasteiger partial charge < -0.3 is 14.2 Å². The zero-order valence-electron chi connectivity index (χ0n) is 42.5. The molecule has 0 aliphatic heterocycles. The van der Waals surface area contributed by atoms with E-state index in [4.69, 9.17) is 14.2 Å². The summed E-state index contributed by atoms with van der Waals surface area (Å²) >= 11 is 0. The molecule has 0 bridgehead atoms. The maximum atomic E-state index is 12.8. The van der Waals surface area contributed by atoms with Crippen LogP contribution in [0, 0.1) is 0 Å². The predicted octanol–water partition coefficient (Wildman–Crippen LogP) is 18.0. The van der Waals surface area contributed by atoms with Gasteiger partial charge in [0.1, 0.15) is 13.2 Å². The van der Waals surface area contributed by atoms with Crippen molar-refractivity contribution in [3.8, 4) is 0 Å². The molecule has 0 saturated heterocycles. The maximum Gasteiger partial charge on any atom is 0.306 e. The Labute approximate surface area is 401 Å². The average Bonchev–Trinajstić information content (AvgIpc) is 3.30. The summed E-state index contributed by atoms with van der Waals surface area (Å²) in [7, 11) is 0. The van der Waals surface area contributed by atoms with E-state index in [-0.39, 0.29) is 31.1 Å². The third-order valence-corrected chi connectivity index (χ3v) is 11.4. The molecule has 6 heteroatoms. The van der Waals surface area contributed by atoms with E-state index >= 15 is 0 Å². The van der Waals surface area contributed by atoms with Crippen LogP contribution in [0.2, 0.25) is 0 Å². The molecule has 0 saturated carbocycles. The molecule has 1 unspecified atom stereocenters. The van der Waals surface area contributed by atoms with Gasteiger partial charge in [-0.3, -0.25) is 14.4 Å². The molecule has 65 heavy (non-hydrogen) atoms. The highest BCUT2D eigenvalue weighted by molar-refractivity contribution is 5.71. The van der Waals surface area contributed by atoms with Crippen LogP contribution in [0.5, 0.6) is 0 Å². The first-order chi connectivity index (χ1) is 32.0. The van der Waals surface area contributed by atoms with Crippen molar-refractivity contribution in [2.24, 2.45) is 0 Å². The molecule has 0 spiro atoms. The van der Waals surface area contributed by atoms with Crippen LogP contribution in [0.15, 0.2) is 85.1 Å². The second-order valence-corrected chi connectivity index (χ2v) is 17.7. The second-order valence-electron chi connectivity index (χ2n) is 17.7. The van der Waals surface area contributed by atoms with Gasteiger partial charge in [0, 0.05) is 19.3 Å². The molecule has 0 radical (unpaired) electrons. The topological polar surface area (TPSA) is 78.9 Å². The van der Waals surface area contributed by atoms with E-state index in [1.54, 1.807) is 0 Å². The smallest absolute Gasteiger partial charge is 0.306 e. The Balaban J connectivity index is 4.25. The number of allylic oxidation sites excluding steroid dienone is 14. The van der Waals surface area contributed by atoms with Crippen LogP contribution in [0.3, 0.4) is 0 Å². The molecular weight excluding hydrogens is 805 g/mol. The molecule has 0 amide bonds. The van der Waals surface area contributed by atoms with Crippen molar-refractivity contribution in [2.45, 2.75) is 258 Å². The normalized spacial score (nSPS) is 12.7. The lowest BCUT2D eigenvalue weighted by atomic mass is 10.1. The van der Waals surface area contributed by atoms with Gasteiger partial charge in [-0.1, -0.05) is 215 Å². The fourth-order valence-electron chi connectivity index (χ4n) is 7.25. The van der Waals surface area contributed by atoms with Crippen LogP contribution in [0.4, 0.5) is 0 Å². The standard InChI is InChI=1S/C59H100O6/c1-4-7-10-13-16-19-22-23-24-25-26-27-28-29-30-31-32-33-34-35-38-40-43-46-49-52-58(61)64-55-56(65-59(62)53-50-47-44-41-37-21-18-15-12-9-6-3)54-63-57(60)51-48-45-42-39-36-20-17-14-11-8-5-2/h7,10,14-19,23-24,26-27,29-30,56H,4-6,8-9,11-13,20-22,25,28,31-55H2,1-3H3/b10-7-,17-14-,18-15-,19-16-,24-23-,27-26-,30-29-. The van der Waals surface area contributed by atoms with Gasteiger partial charge in [-0.15, -0.1) is 0 Å². The molecule has 372 valence electrons. The fourth-order valence-corrected chi connectivity index (χ4v) is 7.25. The summed E-state index contributed by atoms with van der Waals surface area (Å²) in [6, 6.07) is 0. The van der Waals surface area contributed by atoms with Crippen LogP contribution < -0.4 is 0 Å². The lowest BCUT2D eigenvalue weighted by Crippen LogP contribution is -2.30. The number of rotatable bonds is 48. The minimum atomic E-state index is -0.785. The van der Waals surface area contributed by atoms with E-state index in [1.165, 1.54) is 96.3 Å².